The number of nitrogens with one attached hydrogen (secondary N) is 1. The monoisotopic (exact) mass is 283 g/mol. The summed E-state index contributed by atoms with van der Waals surface area (Å²) in [5.74, 6) is 0.758. The van der Waals surface area contributed by atoms with Crippen LogP contribution in [-0.4, -0.2) is 6.54 Å². The Hall–Kier alpha value is -0.340. The summed E-state index contributed by atoms with van der Waals surface area (Å²) in [4.78, 5) is 0. The van der Waals surface area contributed by atoms with Gasteiger partial charge in [0, 0.05) is 10.0 Å². The Morgan fingerprint density at radius 2 is 1.75 bits per heavy atom. The molecule has 0 fully saturated rings. The molecule has 1 rings (SSSR count). The molecule has 0 aromatic heterocycles. The molecule has 0 unspecified atom stereocenters. The van der Waals surface area contributed by atoms with E-state index in [0.29, 0.717) is 0 Å². The molecule has 90 valence electrons. The summed E-state index contributed by atoms with van der Waals surface area (Å²) in [5.41, 5.74) is 1.38. The fourth-order valence-electron chi connectivity index (χ4n) is 1.64. The minimum Gasteiger partial charge on any atom is -0.308 e. The largest absolute Gasteiger partial charge is 0.308 e. The summed E-state index contributed by atoms with van der Waals surface area (Å²) in [5, 5.41) is 3.61. The molecule has 0 spiro atoms. The van der Waals surface area contributed by atoms with Crippen molar-refractivity contribution in [1.29, 1.82) is 0 Å². The maximum absolute atomic E-state index is 3.61. The molecule has 0 radical (unpaired) electrons. The highest BCUT2D eigenvalue weighted by Crippen LogP contribution is 2.22. The van der Waals surface area contributed by atoms with Crippen LogP contribution in [-0.2, 0) is 5.54 Å². The highest BCUT2D eigenvalue weighted by Gasteiger charge is 2.18. The molecule has 16 heavy (non-hydrogen) atoms. The summed E-state index contributed by atoms with van der Waals surface area (Å²) < 4.78 is 1.13. The lowest BCUT2D eigenvalue weighted by atomic mass is 9.94. The van der Waals surface area contributed by atoms with Gasteiger partial charge in [0.05, 0.1) is 0 Å². The average Bonchev–Trinajstić information content (AvgIpc) is 2.17. The molecule has 0 saturated carbocycles. The number of hydrogen-bond donors (Lipinski definition) is 1. The molecule has 1 aromatic carbocycles. The van der Waals surface area contributed by atoms with E-state index in [9.17, 15) is 0 Å². The van der Waals surface area contributed by atoms with Gasteiger partial charge in [0.2, 0.25) is 0 Å². The van der Waals surface area contributed by atoms with Gasteiger partial charge < -0.3 is 5.32 Å². The van der Waals surface area contributed by atoms with E-state index in [1.807, 2.05) is 0 Å². The molecule has 0 atom stereocenters. The maximum atomic E-state index is 3.61. The summed E-state index contributed by atoms with van der Waals surface area (Å²) in [6.07, 6.45) is 1.22. The fraction of sp³-hybridized carbons (Fsp3) is 0.571. The van der Waals surface area contributed by atoms with Crippen LogP contribution in [0.3, 0.4) is 0 Å². The molecule has 0 amide bonds. The van der Waals surface area contributed by atoms with Crippen LogP contribution < -0.4 is 5.32 Å². The second kappa shape index (κ2) is 5.83. The summed E-state index contributed by atoms with van der Waals surface area (Å²) in [7, 11) is 0. The van der Waals surface area contributed by atoms with Gasteiger partial charge in [-0.1, -0.05) is 41.9 Å². The zero-order valence-corrected chi connectivity index (χ0v) is 12.3. The second-order valence-electron chi connectivity index (χ2n) is 5.24. The van der Waals surface area contributed by atoms with Gasteiger partial charge >= 0.3 is 0 Å². The van der Waals surface area contributed by atoms with Crippen LogP contribution in [0.4, 0.5) is 0 Å². The third-order valence-corrected chi connectivity index (χ3v) is 3.38. The smallest absolute Gasteiger partial charge is 0.0377 e. The van der Waals surface area contributed by atoms with Gasteiger partial charge in [-0.2, -0.15) is 0 Å². The van der Waals surface area contributed by atoms with E-state index >= 15 is 0 Å². The standard InChI is InChI=1S/C14H22BrN/c1-11(2)9-10-16-14(3,4)12-5-7-13(15)8-6-12/h5-8,11,16H,9-10H2,1-4H3. The first-order valence-electron chi connectivity index (χ1n) is 5.93. The van der Waals surface area contributed by atoms with Crippen molar-refractivity contribution in [3.63, 3.8) is 0 Å². The molecule has 1 N–H and O–H groups in total. The van der Waals surface area contributed by atoms with Crippen LogP contribution in [0.5, 0.6) is 0 Å². The van der Waals surface area contributed by atoms with Crippen molar-refractivity contribution in [2.75, 3.05) is 6.54 Å². The molecule has 1 aromatic rings. The molecular weight excluding hydrogens is 262 g/mol. The van der Waals surface area contributed by atoms with Gasteiger partial charge in [0.1, 0.15) is 0 Å². The minimum absolute atomic E-state index is 0.0512. The van der Waals surface area contributed by atoms with Crippen molar-refractivity contribution >= 4 is 15.9 Å². The molecule has 0 aliphatic carbocycles. The molecular formula is C14H22BrN. The van der Waals surface area contributed by atoms with Crippen LogP contribution in [0.15, 0.2) is 28.7 Å². The maximum Gasteiger partial charge on any atom is 0.0377 e. The Bertz CT molecular complexity index is 314. The molecule has 0 bridgehead atoms. The summed E-state index contributed by atoms with van der Waals surface area (Å²) in [6, 6.07) is 8.54. The average molecular weight is 284 g/mol. The van der Waals surface area contributed by atoms with Crippen LogP contribution in [0.2, 0.25) is 0 Å². The lowest BCUT2D eigenvalue weighted by Gasteiger charge is -2.27. The van der Waals surface area contributed by atoms with Gasteiger partial charge in [0.15, 0.2) is 0 Å². The first-order valence-corrected chi connectivity index (χ1v) is 6.72. The SMILES string of the molecule is CC(C)CCNC(C)(C)c1ccc(Br)cc1. The van der Waals surface area contributed by atoms with Gasteiger partial charge in [-0.3, -0.25) is 0 Å². The third kappa shape index (κ3) is 4.26. The predicted molar refractivity (Wildman–Crippen MR) is 74.6 cm³/mol. The van der Waals surface area contributed by atoms with Gasteiger partial charge in [-0.05, 0) is 50.4 Å². The van der Waals surface area contributed by atoms with Gasteiger partial charge in [-0.15, -0.1) is 0 Å². The number of halogens is 1. The van der Waals surface area contributed by atoms with Gasteiger partial charge in [0.25, 0.3) is 0 Å². The van der Waals surface area contributed by atoms with E-state index in [2.05, 4.69) is 73.2 Å². The second-order valence-corrected chi connectivity index (χ2v) is 6.16. The van der Waals surface area contributed by atoms with Crippen LogP contribution in [0, 0.1) is 5.92 Å². The van der Waals surface area contributed by atoms with E-state index in [0.717, 1.165) is 16.9 Å². The minimum atomic E-state index is 0.0512. The first-order chi connectivity index (χ1) is 7.42. The predicted octanol–water partition coefficient (Wildman–Crippen LogP) is 4.32. The van der Waals surface area contributed by atoms with Crippen molar-refractivity contribution in [2.24, 2.45) is 5.92 Å². The van der Waals surface area contributed by atoms with E-state index in [4.69, 9.17) is 0 Å². The lowest BCUT2D eigenvalue weighted by Crippen LogP contribution is -2.37. The Kier molecular flexibility index (Phi) is 5.00. The zero-order valence-electron chi connectivity index (χ0n) is 10.7. The molecule has 2 heteroatoms. The normalized spacial score (nSPS) is 12.1. The van der Waals surface area contributed by atoms with Crippen molar-refractivity contribution in [3.05, 3.63) is 34.3 Å². The summed E-state index contributed by atoms with van der Waals surface area (Å²) in [6.45, 7) is 10.1. The number of rotatable bonds is 5. The van der Waals surface area contributed by atoms with E-state index < -0.39 is 0 Å². The van der Waals surface area contributed by atoms with Crippen molar-refractivity contribution < 1.29 is 0 Å². The van der Waals surface area contributed by atoms with Crippen molar-refractivity contribution in [2.45, 2.75) is 39.7 Å². The third-order valence-electron chi connectivity index (χ3n) is 2.85. The quantitative estimate of drug-likeness (QED) is 0.849. The highest BCUT2D eigenvalue weighted by atomic mass is 79.9. The van der Waals surface area contributed by atoms with Crippen molar-refractivity contribution in [3.8, 4) is 0 Å². The van der Waals surface area contributed by atoms with E-state index in [1.165, 1.54) is 12.0 Å². The van der Waals surface area contributed by atoms with E-state index in [1.54, 1.807) is 0 Å². The fourth-order valence-corrected chi connectivity index (χ4v) is 1.91. The topological polar surface area (TPSA) is 12.0 Å². The molecule has 0 aliphatic heterocycles. The summed E-state index contributed by atoms with van der Waals surface area (Å²) >= 11 is 3.46. The van der Waals surface area contributed by atoms with Gasteiger partial charge in [-0.25, -0.2) is 0 Å². The molecule has 0 heterocycles. The Morgan fingerprint density at radius 3 is 2.25 bits per heavy atom. The van der Waals surface area contributed by atoms with Crippen LogP contribution >= 0.6 is 15.9 Å². The Balaban J connectivity index is 2.59. The Morgan fingerprint density at radius 1 is 1.19 bits per heavy atom. The highest BCUT2D eigenvalue weighted by molar-refractivity contribution is 9.10. The van der Waals surface area contributed by atoms with Crippen LogP contribution in [0.25, 0.3) is 0 Å². The lowest BCUT2D eigenvalue weighted by molar-refractivity contribution is 0.383. The molecule has 0 aliphatic rings. The van der Waals surface area contributed by atoms with Crippen LogP contribution in [0.1, 0.15) is 39.7 Å². The Labute approximate surface area is 108 Å². The number of benzene rings is 1. The zero-order chi connectivity index (χ0) is 12.2. The number of hydrogen-bond acceptors (Lipinski definition) is 1. The first kappa shape index (κ1) is 13.7. The van der Waals surface area contributed by atoms with E-state index in [-0.39, 0.29) is 5.54 Å². The van der Waals surface area contributed by atoms with Crippen molar-refractivity contribution in [1.82, 2.24) is 5.32 Å². The molecule has 1 nitrogen and oxygen atoms in total. The molecule has 0 saturated heterocycles.